The van der Waals surface area contributed by atoms with Crippen molar-refractivity contribution in [1.29, 1.82) is 0 Å². The number of carbonyl (C=O) groups excluding carboxylic acids is 1. The second-order valence-corrected chi connectivity index (χ2v) is 5.05. The quantitative estimate of drug-likeness (QED) is 0.828. The Morgan fingerprint density at radius 1 is 1.40 bits per heavy atom. The van der Waals surface area contributed by atoms with Gasteiger partial charge >= 0.3 is 12.0 Å². The number of aromatic nitrogens is 1. The van der Waals surface area contributed by atoms with Gasteiger partial charge in [0.1, 0.15) is 0 Å². The summed E-state index contributed by atoms with van der Waals surface area (Å²) >= 11 is 0. The SMILES string of the molecule is CC(C)C(CNC(=O)N(C)Cc1ccccn1)C(=O)O. The first-order valence-electron chi connectivity index (χ1n) is 6.53. The predicted molar refractivity (Wildman–Crippen MR) is 75.1 cm³/mol. The van der Waals surface area contributed by atoms with Gasteiger partial charge < -0.3 is 15.3 Å². The molecule has 0 saturated heterocycles. The number of carboxylic acid groups (broad SMARTS) is 1. The molecule has 110 valence electrons. The van der Waals surface area contributed by atoms with Crippen LogP contribution in [0.4, 0.5) is 4.79 Å². The van der Waals surface area contributed by atoms with Crippen LogP contribution in [-0.4, -0.2) is 40.6 Å². The maximum Gasteiger partial charge on any atom is 0.317 e. The third kappa shape index (κ3) is 4.87. The van der Waals surface area contributed by atoms with E-state index in [9.17, 15) is 9.59 Å². The molecular weight excluding hydrogens is 258 g/mol. The lowest BCUT2D eigenvalue weighted by atomic mass is 9.96. The molecule has 0 aromatic carbocycles. The molecule has 1 heterocycles. The summed E-state index contributed by atoms with van der Waals surface area (Å²) < 4.78 is 0. The van der Waals surface area contributed by atoms with Crippen LogP contribution in [0.3, 0.4) is 0 Å². The van der Waals surface area contributed by atoms with Crippen LogP contribution in [0.2, 0.25) is 0 Å². The fourth-order valence-corrected chi connectivity index (χ4v) is 1.75. The Bertz CT molecular complexity index is 448. The molecule has 6 heteroatoms. The van der Waals surface area contributed by atoms with Gasteiger partial charge in [-0.3, -0.25) is 9.78 Å². The van der Waals surface area contributed by atoms with E-state index < -0.39 is 11.9 Å². The van der Waals surface area contributed by atoms with Gasteiger partial charge in [0.2, 0.25) is 0 Å². The molecule has 2 N–H and O–H groups in total. The van der Waals surface area contributed by atoms with Crippen LogP contribution in [0.15, 0.2) is 24.4 Å². The van der Waals surface area contributed by atoms with Crippen molar-refractivity contribution in [1.82, 2.24) is 15.2 Å². The highest BCUT2D eigenvalue weighted by atomic mass is 16.4. The third-order valence-corrected chi connectivity index (χ3v) is 3.07. The molecule has 1 rings (SSSR count). The average molecular weight is 279 g/mol. The van der Waals surface area contributed by atoms with Gasteiger partial charge in [0.05, 0.1) is 18.2 Å². The van der Waals surface area contributed by atoms with Crippen LogP contribution in [0.25, 0.3) is 0 Å². The van der Waals surface area contributed by atoms with Gasteiger partial charge in [-0.05, 0) is 18.1 Å². The van der Waals surface area contributed by atoms with Gasteiger partial charge in [0.25, 0.3) is 0 Å². The average Bonchev–Trinajstić information content (AvgIpc) is 2.38. The van der Waals surface area contributed by atoms with Crippen LogP contribution in [0, 0.1) is 11.8 Å². The lowest BCUT2D eigenvalue weighted by Crippen LogP contribution is -2.42. The Labute approximate surface area is 118 Å². The van der Waals surface area contributed by atoms with Gasteiger partial charge in [-0.2, -0.15) is 0 Å². The lowest BCUT2D eigenvalue weighted by Gasteiger charge is -2.21. The van der Waals surface area contributed by atoms with Crippen molar-refractivity contribution in [2.24, 2.45) is 11.8 Å². The van der Waals surface area contributed by atoms with Crippen molar-refractivity contribution in [3.05, 3.63) is 30.1 Å². The van der Waals surface area contributed by atoms with E-state index in [2.05, 4.69) is 10.3 Å². The van der Waals surface area contributed by atoms with Crippen molar-refractivity contribution in [2.75, 3.05) is 13.6 Å². The first-order chi connectivity index (χ1) is 9.41. The van der Waals surface area contributed by atoms with E-state index in [1.807, 2.05) is 32.0 Å². The Kier molecular flexibility index (Phi) is 5.96. The predicted octanol–water partition coefficient (Wildman–Crippen LogP) is 1.58. The van der Waals surface area contributed by atoms with Gasteiger partial charge in [-0.1, -0.05) is 19.9 Å². The highest BCUT2D eigenvalue weighted by Gasteiger charge is 2.22. The summed E-state index contributed by atoms with van der Waals surface area (Å²) in [5.41, 5.74) is 0.781. The Morgan fingerprint density at radius 3 is 2.60 bits per heavy atom. The molecule has 0 radical (unpaired) electrons. The van der Waals surface area contributed by atoms with E-state index in [0.29, 0.717) is 6.54 Å². The van der Waals surface area contributed by atoms with E-state index in [-0.39, 0.29) is 18.5 Å². The molecule has 1 aromatic heterocycles. The van der Waals surface area contributed by atoms with Crippen LogP contribution in [0.5, 0.6) is 0 Å². The van der Waals surface area contributed by atoms with Gasteiger partial charge in [-0.25, -0.2) is 4.79 Å². The molecular formula is C14H21N3O3. The van der Waals surface area contributed by atoms with Gasteiger partial charge in [0, 0.05) is 19.8 Å². The minimum atomic E-state index is -0.896. The summed E-state index contributed by atoms with van der Waals surface area (Å²) in [4.78, 5) is 28.5. The smallest absolute Gasteiger partial charge is 0.317 e. The molecule has 2 amide bonds. The van der Waals surface area contributed by atoms with Crippen LogP contribution in [0.1, 0.15) is 19.5 Å². The molecule has 0 aliphatic heterocycles. The van der Waals surface area contributed by atoms with Crippen molar-refractivity contribution < 1.29 is 14.7 Å². The van der Waals surface area contributed by atoms with E-state index in [1.165, 1.54) is 4.90 Å². The zero-order valence-corrected chi connectivity index (χ0v) is 12.0. The standard InChI is InChI=1S/C14H21N3O3/c1-10(2)12(13(18)19)8-16-14(20)17(3)9-11-6-4-5-7-15-11/h4-7,10,12H,8-9H2,1-3H3,(H,16,20)(H,18,19). The highest BCUT2D eigenvalue weighted by Crippen LogP contribution is 2.10. The topological polar surface area (TPSA) is 82.5 Å². The minimum Gasteiger partial charge on any atom is -0.481 e. The molecule has 0 aliphatic carbocycles. The lowest BCUT2D eigenvalue weighted by molar-refractivity contribution is -0.142. The fraction of sp³-hybridized carbons (Fsp3) is 0.500. The summed E-state index contributed by atoms with van der Waals surface area (Å²) in [6.45, 7) is 4.15. The molecule has 1 aromatic rings. The normalized spacial score (nSPS) is 12.0. The van der Waals surface area contributed by atoms with E-state index in [0.717, 1.165) is 5.69 Å². The molecule has 0 bridgehead atoms. The Balaban J connectivity index is 2.48. The first-order valence-corrected chi connectivity index (χ1v) is 6.53. The number of aliphatic carboxylic acids is 1. The molecule has 0 fully saturated rings. The summed E-state index contributed by atoms with van der Waals surface area (Å²) in [5, 5.41) is 11.7. The summed E-state index contributed by atoms with van der Waals surface area (Å²) in [5.74, 6) is -1.51. The number of nitrogens with one attached hydrogen (secondary N) is 1. The first kappa shape index (κ1) is 15.9. The fourth-order valence-electron chi connectivity index (χ4n) is 1.75. The van der Waals surface area contributed by atoms with Gasteiger partial charge in [0.15, 0.2) is 0 Å². The van der Waals surface area contributed by atoms with Crippen molar-refractivity contribution in [3.63, 3.8) is 0 Å². The van der Waals surface area contributed by atoms with Crippen molar-refractivity contribution in [3.8, 4) is 0 Å². The van der Waals surface area contributed by atoms with Crippen LogP contribution < -0.4 is 5.32 Å². The zero-order chi connectivity index (χ0) is 15.1. The zero-order valence-electron chi connectivity index (χ0n) is 12.0. The van der Waals surface area contributed by atoms with E-state index in [4.69, 9.17) is 5.11 Å². The maximum atomic E-state index is 11.9. The number of rotatable bonds is 6. The van der Waals surface area contributed by atoms with Crippen LogP contribution in [-0.2, 0) is 11.3 Å². The summed E-state index contributed by atoms with van der Waals surface area (Å²) in [7, 11) is 1.65. The van der Waals surface area contributed by atoms with Crippen molar-refractivity contribution >= 4 is 12.0 Å². The number of carbonyl (C=O) groups is 2. The third-order valence-electron chi connectivity index (χ3n) is 3.07. The molecule has 0 saturated carbocycles. The maximum absolute atomic E-state index is 11.9. The van der Waals surface area contributed by atoms with E-state index in [1.54, 1.807) is 13.2 Å². The largest absolute Gasteiger partial charge is 0.481 e. The second-order valence-electron chi connectivity index (χ2n) is 5.05. The molecule has 1 atom stereocenters. The molecule has 0 spiro atoms. The monoisotopic (exact) mass is 279 g/mol. The number of hydrogen-bond donors (Lipinski definition) is 2. The molecule has 6 nitrogen and oxygen atoms in total. The highest BCUT2D eigenvalue weighted by molar-refractivity contribution is 5.75. The Hall–Kier alpha value is -2.11. The van der Waals surface area contributed by atoms with E-state index >= 15 is 0 Å². The second kappa shape index (κ2) is 7.47. The number of urea groups is 1. The van der Waals surface area contributed by atoms with Crippen LogP contribution >= 0.6 is 0 Å². The number of amides is 2. The van der Waals surface area contributed by atoms with Crippen molar-refractivity contribution in [2.45, 2.75) is 20.4 Å². The Morgan fingerprint density at radius 2 is 2.10 bits per heavy atom. The minimum absolute atomic E-state index is 0.0334. The molecule has 20 heavy (non-hydrogen) atoms. The number of nitrogens with zero attached hydrogens (tertiary/aromatic N) is 2. The molecule has 1 unspecified atom stereocenters. The number of pyridine rings is 1. The number of hydrogen-bond acceptors (Lipinski definition) is 3. The number of carboxylic acids is 1. The summed E-state index contributed by atoms with van der Waals surface area (Å²) in [6.07, 6.45) is 1.67. The molecule has 0 aliphatic rings. The summed E-state index contributed by atoms with van der Waals surface area (Å²) in [6, 6.07) is 5.19. The van der Waals surface area contributed by atoms with Gasteiger partial charge in [-0.15, -0.1) is 0 Å².